The van der Waals surface area contributed by atoms with E-state index in [-0.39, 0.29) is 18.6 Å². The monoisotopic (exact) mass is 276 g/mol. The van der Waals surface area contributed by atoms with Crippen LogP contribution in [0.15, 0.2) is 30.3 Å². The van der Waals surface area contributed by atoms with Crippen molar-refractivity contribution < 1.29 is 14.7 Å². The van der Waals surface area contributed by atoms with Crippen molar-refractivity contribution in [1.82, 2.24) is 4.90 Å². The lowest BCUT2D eigenvalue weighted by molar-refractivity contribution is -0.138. The van der Waals surface area contributed by atoms with Gasteiger partial charge in [0.15, 0.2) is 0 Å². The number of carbonyl (C=O) groups excluding carboxylic acids is 1. The number of hydrogen-bond donors (Lipinski definition) is 1. The first-order valence-corrected chi connectivity index (χ1v) is 6.91. The van der Waals surface area contributed by atoms with E-state index in [2.05, 4.69) is 0 Å². The molecule has 0 atom stereocenters. The predicted octanol–water partition coefficient (Wildman–Crippen LogP) is 2.57. The van der Waals surface area contributed by atoms with Crippen LogP contribution in [-0.4, -0.2) is 41.6 Å². The number of carboxylic acid groups (broad SMARTS) is 1. The first-order chi connectivity index (χ1) is 9.59. The number of rotatable bonds is 4. The van der Waals surface area contributed by atoms with Gasteiger partial charge in [-0.05, 0) is 25.0 Å². The maximum atomic E-state index is 12.6. The predicted molar refractivity (Wildman–Crippen MR) is 76.8 cm³/mol. The molecule has 0 aromatic heterocycles. The van der Waals surface area contributed by atoms with Crippen LogP contribution in [0.4, 0.5) is 10.5 Å². The van der Waals surface area contributed by atoms with Gasteiger partial charge in [-0.15, -0.1) is 0 Å². The second kappa shape index (κ2) is 6.41. The molecular formula is C15H20N2O3. The van der Waals surface area contributed by atoms with E-state index < -0.39 is 5.97 Å². The molecule has 0 unspecified atom stereocenters. The van der Waals surface area contributed by atoms with Crippen molar-refractivity contribution >= 4 is 17.7 Å². The third-order valence-corrected chi connectivity index (χ3v) is 3.75. The molecule has 108 valence electrons. The summed E-state index contributed by atoms with van der Waals surface area (Å²) in [6, 6.07) is 9.08. The van der Waals surface area contributed by atoms with Gasteiger partial charge in [0.1, 0.15) is 6.54 Å². The zero-order valence-corrected chi connectivity index (χ0v) is 11.7. The van der Waals surface area contributed by atoms with Gasteiger partial charge in [-0.3, -0.25) is 9.69 Å². The summed E-state index contributed by atoms with van der Waals surface area (Å²) < 4.78 is 0. The maximum Gasteiger partial charge on any atom is 0.324 e. The van der Waals surface area contributed by atoms with Crippen molar-refractivity contribution in [3.8, 4) is 0 Å². The third-order valence-electron chi connectivity index (χ3n) is 3.75. The van der Waals surface area contributed by atoms with Crippen molar-refractivity contribution in [3.63, 3.8) is 0 Å². The molecule has 0 bridgehead atoms. The highest BCUT2D eigenvalue weighted by Gasteiger charge is 2.30. The fourth-order valence-corrected chi connectivity index (χ4v) is 2.67. The van der Waals surface area contributed by atoms with Crippen LogP contribution in [0.3, 0.4) is 0 Å². The SMILES string of the molecule is CN(C(=O)N(CC(=O)O)C1CCCC1)c1ccccc1. The molecule has 20 heavy (non-hydrogen) atoms. The summed E-state index contributed by atoms with van der Waals surface area (Å²) in [5.41, 5.74) is 0.769. The number of hydrogen-bond acceptors (Lipinski definition) is 2. The van der Waals surface area contributed by atoms with E-state index in [0.29, 0.717) is 0 Å². The molecule has 1 aromatic carbocycles. The standard InChI is InChI=1S/C15H20N2O3/c1-16(12-7-3-2-4-8-12)15(20)17(11-14(18)19)13-9-5-6-10-13/h2-4,7-8,13H,5-6,9-11H2,1H3,(H,18,19). The Balaban J connectivity index is 2.15. The number of urea groups is 1. The Morgan fingerprint density at radius 3 is 2.35 bits per heavy atom. The molecule has 5 heteroatoms. The lowest BCUT2D eigenvalue weighted by Crippen LogP contribution is -2.48. The van der Waals surface area contributed by atoms with Crippen LogP contribution >= 0.6 is 0 Å². The smallest absolute Gasteiger partial charge is 0.324 e. The molecule has 2 rings (SSSR count). The van der Waals surface area contributed by atoms with Crippen molar-refractivity contribution in [2.75, 3.05) is 18.5 Å². The molecule has 2 amide bonds. The summed E-state index contributed by atoms with van der Waals surface area (Å²) in [5.74, 6) is -0.966. The summed E-state index contributed by atoms with van der Waals surface area (Å²) in [5, 5.41) is 9.03. The van der Waals surface area contributed by atoms with Crippen molar-refractivity contribution in [1.29, 1.82) is 0 Å². The lowest BCUT2D eigenvalue weighted by Gasteiger charge is -2.31. The Bertz CT molecular complexity index is 469. The van der Waals surface area contributed by atoms with Crippen molar-refractivity contribution in [2.24, 2.45) is 0 Å². The average Bonchev–Trinajstić information content (AvgIpc) is 2.98. The second-order valence-electron chi connectivity index (χ2n) is 5.14. The van der Waals surface area contributed by atoms with Crippen LogP contribution in [0.1, 0.15) is 25.7 Å². The van der Waals surface area contributed by atoms with Crippen LogP contribution in [0.2, 0.25) is 0 Å². The topological polar surface area (TPSA) is 60.9 Å². The van der Waals surface area contributed by atoms with Gasteiger partial charge in [0, 0.05) is 18.8 Å². The summed E-state index contributed by atoms with van der Waals surface area (Å²) >= 11 is 0. The molecule has 0 aliphatic heterocycles. The number of amides is 2. The Hall–Kier alpha value is -2.04. The molecule has 1 aliphatic rings. The van der Waals surface area contributed by atoms with Gasteiger partial charge in [0.05, 0.1) is 0 Å². The molecule has 0 spiro atoms. The highest BCUT2D eigenvalue weighted by molar-refractivity contribution is 5.93. The zero-order valence-electron chi connectivity index (χ0n) is 11.7. The number of carboxylic acids is 1. The van der Waals surface area contributed by atoms with E-state index in [1.165, 1.54) is 9.80 Å². The van der Waals surface area contributed by atoms with E-state index in [4.69, 9.17) is 5.11 Å². The Kier molecular flexibility index (Phi) is 4.61. The quantitative estimate of drug-likeness (QED) is 0.919. The molecule has 1 N–H and O–H groups in total. The fraction of sp³-hybridized carbons (Fsp3) is 0.467. The van der Waals surface area contributed by atoms with Gasteiger partial charge >= 0.3 is 12.0 Å². The minimum absolute atomic E-state index is 0.0461. The number of benzene rings is 1. The fourth-order valence-electron chi connectivity index (χ4n) is 2.67. The first-order valence-electron chi connectivity index (χ1n) is 6.91. The number of aliphatic carboxylic acids is 1. The molecule has 5 nitrogen and oxygen atoms in total. The Labute approximate surface area is 118 Å². The molecule has 1 aliphatic carbocycles. The number of nitrogens with zero attached hydrogens (tertiary/aromatic N) is 2. The number of carbonyl (C=O) groups is 2. The van der Waals surface area contributed by atoms with Gasteiger partial charge in [-0.25, -0.2) is 4.79 Å². The zero-order chi connectivity index (χ0) is 14.5. The van der Waals surface area contributed by atoms with Gasteiger partial charge in [-0.2, -0.15) is 0 Å². The van der Waals surface area contributed by atoms with E-state index in [1.54, 1.807) is 7.05 Å². The molecule has 1 fully saturated rings. The summed E-state index contributed by atoms with van der Waals surface area (Å²) in [6.07, 6.45) is 3.90. The van der Waals surface area contributed by atoms with E-state index in [0.717, 1.165) is 31.4 Å². The highest BCUT2D eigenvalue weighted by Crippen LogP contribution is 2.25. The molecule has 0 saturated heterocycles. The van der Waals surface area contributed by atoms with Crippen molar-refractivity contribution in [3.05, 3.63) is 30.3 Å². The van der Waals surface area contributed by atoms with Gasteiger partial charge < -0.3 is 10.0 Å². The van der Waals surface area contributed by atoms with Crippen molar-refractivity contribution in [2.45, 2.75) is 31.7 Å². The van der Waals surface area contributed by atoms with E-state index in [9.17, 15) is 9.59 Å². The van der Waals surface area contributed by atoms with E-state index in [1.807, 2.05) is 30.3 Å². The van der Waals surface area contributed by atoms with Gasteiger partial charge in [0.2, 0.25) is 0 Å². The summed E-state index contributed by atoms with van der Waals surface area (Å²) in [6.45, 7) is -0.235. The highest BCUT2D eigenvalue weighted by atomic mass is 16.4. The maximum absolute atomic E-state index is 12.6. The molecular weight excluding hydrogens is 256 g/mol. The molecule has 1 aromatic rings. The lowest BCUT2D eigenvalue weighted by atomic mass is 10.2. The van der Waals surface area contributed by atoms with Crippen LogP contribution in [0.25, 0.3) is 0 Å². The van der Waals surface area contributed by atoms with Crippen LogP contribution in [0, 0.1) is 0 Å². The Morgan fingerprint density at radius 1 is 1.20 bits per heavy atom. The minimum Gasteiger partial charge on any atom is -0.480 e. The van der Waals surface area contributed by atoms with Gasteiger partial charge in [-0.1, -0.05) is 31.0 Å². The molecule has 1 saturated carbocycles. The number of para-hydroxylation sites is 1. The molecule has 0 heterocycles. The van der Waals surface area contributed by atoms with E-state index >= 15 is 0 Å². The largest absolute Gasteiger partial charge is 0.480 e. The summed E-state index contributed by atoms with van der Waals surface area (Å²) in [7, 11) is 1.68. The normalized spacial score (nSPS) is 15.1. The molecule has 0 radical (unpaired) electrons. The van der Waals surface area contributed by atoms with Crippen LogP contribution in [-0.2, 0) is 4.79 Å². The first kappa shape index (κ1) is 14.4. The average molecular weight is 276 g/mol. The summed E-state index contributed by atoms with van der Waals surface area (Å²) in [4.78, 5) is 26.6. The van der Waals surface area contributed by atoms with Crippen LogP contribution < -0.4 is 4.90 Å². The second-order valence-corrected chi connectivity index (χ2v) is 5.14. The van der Waals surface area contributed by atoms with Crippen LogP contribution in [0.5, 0.6) is 0 Å². The van der Waals surface area contributed by atoms with Gasteiger partial charge in [0.25, 0.3) is 0 Å². The Morgan fingerprint density at radius 2 is 1.80 bits per heavy atom. The minimum atomic E-state index is -0.966. The third kappa shape index (κ3) is 3.29. The number of anilines is 1.